The Bertz CT molecular complexity index is 1750. The van der Waals surface area contributed by atoms with E-state index < -0.39 is 11.5 Å². The fourth-order valence-corrected chi connectivity index (χ4v) is 5.42. The van der Waals surface area contributed by atoms with Crippen LogP contribution in [0, 0.1) is 12.7 Å². The Morgan fingerprint density at radius 1 is 1.17 bits per heavy atom. The molecule has 0 bridgehead atoms. The van der Waals surface area contributed by atoms with Gasteiger partial charge in [-0.15, -0.1) is 0 Å². The van der Waals surface area contributed by atoms with Gasteiger partial charge in [0.25, 0.3) is 0 Å². The van der Waals surface area contributed by atoms with Crippen molar-refractivity contribution in [2.24, 2.45) is 0 Å². The Morgan fingerprint density at radius 2 is 1.93 bits per heavy atom. The molecule has 0 unspecified atom stereocenters. The lowest BCUT2D eigenvalue weighted by Crippen LogP contribution is -2.54. The Kier molecular flexibility index (Phi) is 7.49. The molecule has 1 fully saturated rings. The zero-order valence-corrected chi connectivity index (χ0v) is 23.5. The zero-order chi connectivity index (χ0) is 29.4. The molecule has 9 nitrogen and oxygen atoms in total. The molecule has 210 valence electrons. The first-order valence-electron chi connectivity index (χ1n) is 13.5. The Morgan fingerprint density at radius 3 is 2.61 bits per heavy atom. The number of aromatic nitrogens is 4. The summed E-state index contributed by atoms with van der Waals surface area (Å²) in [6.07, 6.45) is 3.62. The number of fused-ring (bicyclic) bond motifs is 1. The second kappa shape index (κ2) is 11.0. The number of hydrogen-bond donors (Lipinski definition) is 0. The molecule has 1 aromatic carbocycles. The molecule has 0 aliphatic carbocycles. The molecular weight excluding hydrogens is 523 g/mol. The van der Waals surface area contributed by atoms with E-state index in [1.807, 2.05) is 32.6 Å². The number of hydrogen-bond acceptors (Lipinski definition) is 7. The predicted molar refractivity (Wildman–Crippen MR) is 156 cm³/mol. The van der Waals surface area contributed by atoms with Crippen molar-refractivity contribution in [2.75, 3.05) is 24.5 Å². The van der Waals surface area contributed by atoms with Gasteiger partial charge in [0.05, 0.1) is 16.8 Å². The summed E-state index contributed by atoms with van der Waals surface area (Å²) in [6.45, 7) is 12.5. The molecule has 1 saturated heterocycles. The lowest BCUT2D eigenvalue weighted by molar-refractivity contribution is -0.126. The second-order valence-corrected chi connectivity index (χ2v) is 10.5. The highest BCUT2D eigenvalue weighted by Gasteiger charge is 2.30. The molecule has 1 atom stereocenters. The summed E-state index contributed by atoms with van der Waals surface area (Å²) in [5.74, 6) is -0.573. The Hall–Kier alpha value is -4.73. The third-order valence-electron chi connectivity index (χ3n) is 7.45. The van der Waals surface area contributed by atoms with Gasteiger partial charge in [0.2, 0.25) is 5.91 Å². The summed E-state index contributed by atoms with van der Waals surface area (Å²) >= 11 is 0. The van der Waals surface area contributed by atoms with E-state index in [2.05, 4.69) is 16.5 Å². The molecule has 4 aromatic rings. The number of nitrogens with zero attached hydrogens (tertiary/aromatic N) is 6. The van der Waals surface area contributed by atoms with Crippen molar-refractivity contribution in [3.8, 4) is 16.9 Å². The number of halogens is 1. The van der Waals surface area contributed by atoms with Gasteiger partial charge in [0.1, 0.15) is 17.3 Å². The number of amides is 1. The van der Waals surface area contributed by atoms with Gasteiger partial charge >= 0.3 is 5.69 Å². The van der Waals surface area contributed by atoms with E-state index in [0.29, 0.717) is 48.3 Å². The molecule has 0 radical (unpaired) electrons. The zero-order valence-electron chi connectivity index (χ0n) is 23.5. The lowest BCUT2D eigenvalue weighted by atomic mass is 10.0. The summed E-state index contributed by atoms with van der Waals surface area (Å²) in [6, 6.07) is 9.51. The van der Waals surface area contributed by atoms with Crippen LogP contribution < -0.4 is 10.6 Å². The average Bonchev–Trinajstić information content (AvgIpc) is 2.96. The standard InChI is InChI=1S/C31H31FN6O3/c1-6-25(40)36-13-14-37(20(5)16-36)29-23-15-24(32)27(22-10-8-7-9-21(22)17-39)34-30(23)38(31(41)35-29)28-19(4)11-12-33-26(28)18(2)3/h6-12,15,17-18,20H,1,13-14,16H2,2-5H3/t20-/m0/s1. The third-order valence-corrected chi connectivity index (χ3v) is 7.45. The van der Waals surface area contributed by atoms with Gasteiger partial charge in [-0.05, 0) is 43.5 Å². The van der Waals surface area contributed by atoms with Crippen molar-refractivity contribution in [3.63, 3.8) is 0 Å². The molecule has 10 heteroatoms. The van der Waals surface area contributed by atoms with E-state index >= 15 is 4.39 Å². The number of pyridine rings is 2. The van der Waals surface area contributed by atoms with Crippen LogP contribution in [0.25, 0.3) is 28.0 Å². The number of aryl methyl sites for hydroxylation is 1. The normalized spacial score (nSPS) is 15.4. The number of rotatable bonds is 6. The minimum atomic E-state index is -0.653. The number of piperazine rings is 1. The van der Waals surface area contributed by atoms with Crippen molar-refractivity contribution < 1.29 is 14.0 Å². The summed E-state index contributed by atoms with van der Waals surface area (Å²) in [5.41, 5.74) is 2.16. The number of carbonyl (C=O) groups is 2. The van der Waals surface area contributed by atoms with E-state index in [9.17, 15) is 14.4 Å². The molecule has 1 amide bonds. The topological polar surface area (TPSA) is 101 Å². The van der Waals surface area contributed by atoms with Crippen LogP contribution in [0.2, 0.25) is 0 Å². The van der Waals surface area contributed by atoms with E-state index in [1.54, 1.807) is 41.4 Å². The number of benzene rings is 1. The molecule has 4 heterocycles. The fourth-order valence-electron chi connectivity index (χ4n) is 5.42. The molecule has 5 rings (SSSR count). The summed E-state index contributed by atoms with van der Waals surface area (Å²) in [4.78, 5) is 55.3. The van der Waals surface area contributed by atoms with Crippen molar-refractivity contribution >= 4 is 29.0 Å². The molecule has 3 aromatic heterocycles. The highest BCUT2D eigenvalue weighted by molar-refractivity contribution is 5.93. The minimum Gasteiger partial charge on any atom is -0.350 e. The fraction of sp³-hybridized carbons (Fsp3) is 0.290. The van der Waals surface area contributed by atoms with Gasteiger partial charge in [0, 0.05) is 43.0 Å². The third kappa shape index (κ3) is 4.90. The Labute approximate surface area is 237 Å². The van der Waals surface area contributed by atoms with Gasteiger partial charge in [0.15, 0.2) is 11.9 Å². The number of anilines is 1. The Balaban J connectivity index is 1.82. The summed E-state index contributed by atoms with van der Waals surface area (Å²) in [7, 11) is 0. The molecule has 41 heavy (non-hydrogen) atoms. The number of aldehydes is 1. The van der Waals surface area contributed by atoms with Crippen LogP contribution in [0.5, 0.6) is 0 Å². The summed E-state index contributed by atoms with van der Waals surface area (Å²) < 4.78 is 17.3. The van der Waals surface area contributed by atoms with Crippen LogP contribution in [0.4, 0.5) is 10.2 Å². The van der Waals surface area contributed by atoms with E-state index in [1.165, 1.54) is 16.7 Å². The maximum Gasteiger partial charge on any atom is 0.355 e. The van der Waals surface area contributed by atoms with Crippen LogP contribution in [0.3, 0.4) is 0 Å². The van der Waals surface area contributed by atoms with Crippen molar-refractivity contribution in [1.82, 2.24) is 24.4 Å². The molecular formula is C31H31FN6O3. The maximum atomic E-state index is 15.9. The minimum absolute atomic E-state index is 0.0299. The van der Waals surface area contributed by atoms with Crippen molar-refractivity contribution in [2.45, 2.75) is 39.7 Å². The van der Waals surface area contributed by atoms with Gasteiger partial charge in [-0.3, -0.25) is 14.6 Å². The first-order chi connectivity index (χ1) is 19.7. The van der Waals surface area contributed by atoms with Crippen LogP contribution >= 0.6 is 0 Å². The van der Waals surface area contributed by atoms with Crippen molar-refractivity contribution in [1.29, 1.82) is 0 Å². The largest absolute Gasteiger partial charge is 0.355 e. The highest BCUT2D eigenvalue weighted by atomic mass is 19.1. The lowest BCUT2D eigenvalue weighted by Gasteiger charge is -2.40. The maximum absolute atomic E-state index is 15.9. The first-order valence-corrected chi connectivity index (χ1v) is 13.5. The quantitative estimate of drug-likeness (QED) is 0.256. The predicted octanol–water partition coefficient (Wildman–Crippen LogP) is 4.45. The first kappa shape index (κ1) is 27.8. The van der Waals surface area contributed by atoms with Crippen LogP contribution in [-0.2, 0) is 4.79 Å². The second-order valence-electron chi connectivity index (χ2n) is 10.5. The van der Waals surface area contributed by atoms with Crippen LogP contribution in [0.1, 0.15) is 48.3 Å². The van der Waals surface area contributed by atoms with Crippen LogP contribution in [0.15, 0.2) is 60.0 Å². The van der Waals surface area contributed by atoms with E-state index in [-0.39, 0.29) is 40.6 Å². The molecule has 1 aliphatic rings. The number of carbonyl (C=O) groups excluding carboxylic acids is 2. The highest BCUT2D eigenvalue weighted by Crippen LogP contribution is 2.34. The SMILES string of the molecule is C=CC(=O)N1CCN(c2nc(=O)n(-c3c(C)ccnc3C(C)C)c3nc(-c4ccccc4C=O)c(F)cc23)[C@@H](C)C1. The molecule has 0 N–H and O–H groups in total. The average molecular weight is 555 g/mol. The summed E-state index contributed by atoms with van der Waals surface area (Å²) in [5, 5.41) is 0.336. The smallest absolute Gasteiger partial charge is 0.350 e. The van der Waals surface area contributed by atoms with E-state index in [4.69, 9.17) is 4.98 Å². The van der Waals surface area contributed by atoms with Crippen LogP contribution in [-0.4, -0.2) is 62.3 Å². The molecule has 0 spiro atoms. The van der Waals surface area contributed by atoms with Gasteiger partial charge in [-0.2, -0.15) is 4.98 Å². The van der Waals surface area contributed by atoms with Gasteiger partial charge in [-0.1, -0.05) is 44.7 Å². The van der Waals surface area contributed by atoms with Gasteiger partial charge in [-0.25, -0.2) is 18.7 Å². The van der Waals surface area contributed by atoms with Crippen molar-refractivity contribution in [3.05, 3.63) is 88.4 Å². The van der Waals surface area contributed by atoms with Gasteiger partial charge < -0.3 is 9.80 Å². The van der Waals surface area contributed by atoms with E-state index in [0.717, 1.165) is 5.56 Å². The monoisotopic (exact) mass is 554 g/mol. The molecule has 0 saturated carbocycles. The molecule has 1 aliphatic heterocycles.